The van der Waals surface area contributed by atoms with Crippen LogP contribution < -0.4 is 10.0 Å². The molecule has 0 aliphatic heterocycles. The molecule has 1 aromatic carbocycles. The molecule has 1 rings (SSSR count). The molecule has 3 nitrogen and oxygen atoms in total. The Morgan fingerprint density at radius 2 is 1.79 bits per heavy atom. The first-order valence-corrected chi connectivity index (χ1v) is 7.42. The largest absolute Gasteiger partial charge is 0.337 e. The second kappa shape index (κ2) is 6.85. The van der Waals surface area contributed by atoms with Crippen LogP contribution in [-0.4, -0.2) is 12.6 Å². The summed E-state index contributed by atoms with van der Waals surface area (Å²) in [4.78, 5) is 12.5. The Balaban J connectivity index is 2.44. The molecule has 2 N–H and O–H groups in total. The number of hydrogen-bond acceptors (Lipinski definition) is 2. The van der Waals surface area contributed by atoms with Crippen LogP contribution in [0.1, 0.15) is 40.2 Å². The van der Waals surface area contributed by atoms with Crippen LogP contribution in [0.4, 0.5) is 4.79 Å². The molecule has 0 aliphatic carbocycles. The number of benzene rings is 1. The van der Waals surface area contributed by atoms with Crippen LogP contribution in [0, 0.1) is 5.92 Å². The smallest absolute Gasteiger partial charge is 0.325 e. The van der Waals surface area contributed by atoms with Gasteiger partial charge in [0.15, 0.2) is 0 Å². The zero-order valence-electron chi connectivity index (χ0n) is 12.4. The van der Waals surface area contributed by atoms with Crippen LogP contribution in [0.5, 0.6) is 0 Å². The Morgan fingerprint density at radius 3 is 2.26 bits per heavy atom. The minimum absolute atomic E-state index is 0.140. The maximum atomic E-state index is 11.5. The van der Waals surface area contributed by atoms with E-state index in [2.05, 4.69) is 56.8 Å². The third kappa shape index (κ3) is 6.01. The predicted molar refractivity (Wildman–Crippen MR) is 82.4 cm³/mol. The fraction of sp³-hybridized carbons (Fsp3) is 0.533. The first kappa shape index (κ1) is 15.9. The van der Waals surface area contributed by atoms with Gasteiger partial charge in [0, 0.05) is 11.4 Å². The molecule has 0 atom stereocenters. The number of amides is 2. The highest BCUT2D eigenvalue weighted by atomic mass is 32.2. The highest BCUT2D eigenvalue weighted by Gasteiger charge is 2.13. The molecule has 1 aromatic rings. The molecular weight excluding hydrogens is 256 g/mol. The van der Waals surface area contributed by atoms with Crippen molar-refractivity contribution >= 4 is 18.0 Å². The lowest BCUT2D eigenvalue weighted by Gasteiger charge is -2.19. The minimum Gasteiger partial charge on any atom is -0.337 e. The number of carbonyl (C=O) groups is 1. The van der Waals surface area contributed by atoms with Crippen molar-refractivity contribution in [1.29, 1.82) is 0 Å². The van der Waals surface area contributed by atoms with E-state index < -0.39 is 0 Å². The Hall–Kier alpha value is -1.16. The van der Waals surface area contributed by atoms with Crippen LogP contribution in [0.15, 0.2) is 29.2 Å². The molecular formula is C15H24N2OS. The molecule has 0 unspecified atom stereocenters. The second-order valence-corrected chi connectivity index (χ2v) is 6.96. The summed E-state index contributed by atoms with van der Waals surface area (Å²) in [6, 6.07) is 8.15. The summed E-state index contributed by atoms with van der Waals surface area (Å²) in [5.74, 6) is 0.460. The van der Waals surface area contributed by atoms with Gasteiger partial charge >= 0.3 is 6.03 Å². The topological polar surface area (TPSA) is 41.1 Å². The fourth-order valence-electron chi connectivity index (χ4n) is 1.46. The average molecular weight is 280 g/mol. The van der Waals surface area contributed by atoms with Crippen LogP contribution in [0.25, 0.3) is 0 Å². The second-order valence-electron chi connectivity index (χ2n) is 6.08. The summed E-state index contributed by atoms with van der Waals surface area (Å²) in [6.07, 6.45) is 0. The van der Waals surface area contributed by atoms with Crippen molar-refractivity contribution in [3.63, 3.8) is 0 Å². The van der Waals surface area contributed by atoms with Crippen molar-refractivity contribution in [2.75, 3.05) is 6.54 Å². The van der Waals surface area contributed by atoms with E-state index in [1.54, 1.807) is 0 Å². The molecule has 0 saturated carbocycles. The number of rotatable bonds is 4. The normalized spacial score (nSPS) is 11.5. The first-order chi connectivity index (χ1) is 8.79. The molecule has 0 radical (unpaired) electrons. The van der Waals surface area contributed by atoms with Gasteiger partial charge in [0.25, 0.3) is 0 Å². The molecule has 19 heavy (non-hydrogen) atoms. The van der Waals surface area contributed by atoms with Crippen molar-refractivity contribution in [3.8, 4) is 0 Å². The fourth-order valence-corrected chi connectivity index (χ4v) is 2.02. The molecule has 0 heterocycles. The zero-order valence-corrected chi connectivity index (χ0v) is 13.2. The first-order valence-electron chi connectivity index (χ1n) is 6.60. The van der Waals surface area contributed by atoms with Gasteiger partial charge < -0.3 is 5.32 Å². The van der Waals surface area contributed by atoms with Crippen LogP contribution in [-0.2, 0) is 5.41 Å². The highest BCUT2D eigenvalue weighted by molar-refractivity contribution is 7.98. The van der Waals surface area contributed by atoms with Crippen molar-refractivity contribution < 1.29 is 4.79 Å². The summed E-state index contributed by atoms with van der Waals surface area (Å²) in [5.41, 5.74) is 1.45. The quantitative estimate of drug-likeness (QED) is 0.820. The summed E-state index contributed by atoms with van der Waals surface area (Å²) in [6.45, 7) is 11.4. The maximum Gasteiger partial charge on any atom is 0.325 e. The molecule has 0 bridgehead atoms. The zero-order chi connectivity index (χ0) is 14.5. The SMILES string of the molecule is CC(C)CNC(=O)NSc1ccc(C(C)(C)C)cc1. The van der Waals surface area contributed by atoms with Gasteiger partial charge in [-0.1, -0.05) is 46.8 Å². The van der Waals surface area contributed by atoms with E-state index in [0.717, 1.165) is 4.90 Å². The summed E-state index contributed by atoms with van der Waals surface area (Å²) >= 11 is 1.34. The molecule has 0 fully saturated rings. The van der Waals surface area contributed by atoms with E-state index >= 15 is 0 Å². The van der Waals surface area contributed by atoms with Crippen LogP contribution in [0.2, 0.25) is 0 Å². The molecule has 0 aliphatic rings. The Labute approximate surface area is 120 Å². The summed E-state index contributed by atoms with van der Waals surface area (Å²) in [7, 11) is 0. The van der Waals surface area contributed by atoms with Crippen molar-refractivity contribution in [2.45, 2.75) is 44.9 Å². The van der Waals surface area contributed by atoms with Gasteiger partial charge in [-0.3, -0.25) is 4.72 Å². The van der Waals surface area contributed by atoms with Gasteiger partial charge in [-0.25, -0.2) is 4.79 Å². The highest BCUT2D eigenvalue weighted by Crippen LogP contribution is 2.24. The van der Waals surface area contributed by atoms with E-state index in [0.29, 0.717) is 12.5 Å². The lowest BCUT2D eigenvalue weighted by molar-refractivity contribution is 0.245. The summed E-state index contributed by atoms with van der Waals surface area (Å²) < 4.78 is 2.78. The lowest BCUT2D eigenvalue weighted by atomic mass is 9.87. The lowest BCUT2D eigenvalue weighted by Crippen LogP contribution is -2.33. The van der Waals surface area contributed by atoms with E-state index in [1.807, 2.05) is 12.1 Å². The number of urea groups is 1. The Kier molecular flexibility index (Phi) is 5.73. The molecule has 0 aromatic heterocycles. The van der Waals surface area contributed by atoms with Crippen LogP contribution >= 0.6 is 11.9 Å². The van der Waals surface area contributed by atoms with Gasteiger partial charge in [0.05, 0.1) is 0 Å². The Morgan fingerprint density at radius 1 is 1.21 bits per heavy atom. The molecule has 4 heteroatoms. The van der Waals surface area contributed by atoms with E-state index in [1.165, 1.54) is 17.5 Å². The van der Waals surface area contributed by atoms with Gasteiger partial charge in [-0.2, -0.15) is 0 Å². The van der Waals surface area contributed by atoms with Gasteiger partial charge in [-0.05, 0) is 41.0 Å². The van der Waals surface area contributed by atoms with Crippen LogP contribution in [0.3, 0.4) is 0 Å². The van der Waals surface area contributed by atoms with Gasteiger partial charge in [-0.15, -0.1) is 0 Å². The molecule has 106 valence electrons. The van der Waals surface area contributed by atoms with Gasteiger partial charge in [0.2, 0.25) is 0 Å². The van der Waals surface area contributed by atoms with E-state index in [4.69, 9.17) is 0 Å². The minimum atomic E-state index is -0.140. The molecule has 2 amide bonds. The van der Waals surface area contributed by atoms with E-state index in [-0.39, 0.29) is 11.4 Å². The number of nitrogens with one attached hydrogen (secondary N) is 2. The number of hydrogen-bond donors (Lipinski definition) is 2. The average Bonchev–Trinajstić information content (AvgIpc) is 2.33. The third-order valence-electron chi connectivity index (χ3n) is 2.65. The van der Waals surface area contributed by atoms with E-state index in [9.17, 15) is 4.79 Å². The Bertz CT molecular complexity index is 407. The maximum absolute atomic E-state index is 11.5. The predicted octanol–water partition coefficient (Wildman–Crippen LogP) is 3.95. The third-order valence-corrected chi connectivity index (χ3v) is 3.45. The van der Waals surface area contributed by atoms with Gasteiger partial charge in [0.1, 0.15) is 0 Å². The standard InChI is InChI=1S/C15H24N2OS/c1-11(2)10-16-14(18)17-19-13-8-6-12(7-9-13)15(3,4)5/h6-9,11H,10H2,1-5H3,(H2,16,17,18). The molecule has 0 saturated heterocycles. The number of carbonyl (C=O) groups excluding carboxylic acids is 1. The van der Waals surface area contributed by atoms with Crippen molar-refractivity contribution in [2.24, 2.45) is 5.92 Å². The van der Waals surface area contributed by atoms with Crippen molar-refractivity contribution in [3.05, 3.63) is 29.8 Å². The monoisotopic (exact) mass is 280 g/mol. The molecule has 0 spiro atoms. The van der Waals surface area contributed by atoms with Crippen molar-refractivity contribution in [1.82, 2.24) is 10.0 Å². The summed E-state index contributed by atoms with van der Waals surface area (Å²) in [5, 5.41) is 2.82.